The van der Waals surface area contributed by atoms with E-state index in [-0.39, 0.29) is 18.5 Å². The van der Waals surface area contributed by atoms with Crippen molar-refractivity contribution in [3.63, 3.8) is 0 Å². The second kappa shape index (κ2) is 14.0. The summed E-state index contributed by atoms with van der Waals surface area (Å²) in [6, 6.07) is 0. The molecule has 1 fully saturated rings. The quantitative estimate of drug-likeness (QED) is 0.396. The molecular weight excluding hydrogens is 334 g/mol. The van der Waals surface area contributed by atoms with Gasteiger partial charge in [0.2, 0.25) is 0 Å². The molecule has 0 unspecified atom stereocenters. The highest BCUT2D eigenvalue weighted by atomic mass is 16.5. The molecule has 6 nitrogen and oxygen atoms in total. The number of aliphatic hydroxyl groups is 1. The fourth-order valence-electron chi connectivity index (χ4n) is 3.22. The van der Waals surface area contributed by atoms with Crippen molar-refractivity contribution in [3.8, 4) is 0 Å². The van der Waals surface area contributed by atoms with Crippen LogP contribution in [0.4, 0.5) is 0 Å². The number of esters is 2. The van der Waals surface area contributed by atoms with Gasteiger partial charge in [-0.2, -0.15) is 0 Å². The Morgan fingerprint density at radius 3 is 1.96 bits per heavy atom. The zero-order chi connectivity index (χ0) is 19.2. The van der Waals surface area contributed by atoms with E-state index in [4.69, 9.17) is 14.6 Å². The third-order valence-electron chi connectivity index (χ3n) is 5.03. The lowest BCUT2D eigenvalue weighted by atomic mass is 9.83. The molecule has 0 amide bonds. The first-order valence-electron chi connectivity index (χ1n) is 10.2. The maximum absolute atomic E-state index is 11.9. The van der Waals surface area contributed by atoms with Crippen LogP contribution in [0.3, 0.4) is 0 Å². The van der Waals surface area contributed by atoms with Crippen LogP contribution >= 0.6 is 0 Å². The second-order valence-electron chi connectivity index (χ2n) is 7.49. The van der Waals surface area contributed by atoms with E-state index in [9.17, 15) is 9.59 Å². The Kier molecular flexibility index (Phi) is 12.3. The molecule has 0 atom stereocenters. The lowest BCUT2D eigenvalue weighted by molar-refractivity contribution is -0.147. The summed E-state index contributed by atoms with van der Waals surface area (Å²) >= 11 is 0. The van der Waals surface area contributed by atoms with Crippen LogP contribution in [0.25, 0.3) is 0 Å². The lowest BCUT2D eigenvalue weighted by Gasteiger charge is -2.28. The minimum atomic E-state index is -0.130. The summed E-state index contributed by atoms with van der Waals surface area (Å²) in [5.74, 6) is 0.665. The third kappa shape index (κ3) is 10.8. The van der Waals surface area contributed by atoms with Crippen molar-refractivity contribution in [1.82, 2.24) is 4.90 Å². The van der Waals surface area contributed by atoms with Crippen molar-refractivity contribution >= 4 is 11.9 Å². The number of carbonyl (C=O) groups excluding carboxylic acids is 2. The van der Waals surface area contributed by atoms with E-state index in [0.29, 0.717) is 44.4 Å². The normalized spacial score (nSPS) is 20.2. The van der Waals surface area contributed by atoms with Crippen LogP contribution in [-0.2, 0) is 19.1 Å². The summed E-state index contributed by atoms with van der Waals surface area (Å²) in [7, 11) is 1.99. The molecule has 6 heteroatoms. The van der Waals surface area contributed by atoms with Crippen LogP contribution in [-0.4, -0.2) is 61.9 Å². The number of hydrogen-bond acceptors (Lipinski definition) is 6. The Balaban J connectivity index is 2.06. The van der Waals surface area contributed by atoms with Crippen LogP contribution in [0.5, 0.6) is 0 Å². The molecule has 1 saturated carbocycles. The van der Waals surface area contributed by atoms with Crippen molar-refractivity contribution in [2.75, 3.05) is 40.0 Å². The number of nitrogens with zero attached hydrogens (tertiary/aromatic N) is 1. The number of carbonyl (C=O) groups is 2. The van der Waals surface area contributed by atoms with Gasteiger partial charge in [-0.15, -0.1) is 0 Å². The van der Waals surface area contributed by atoms with Gasteiger partial charge < -0.3 is 19.5 Å². The van der Waals surface area contributed by atoms with Crippen molar-refractivity contribution in [2.45, 2.75) is 64.7 Å². The first-order valence-corrected chi connectivity index (χ1v) is 10.2. The van der Waals surface area contributed by atoms with Crippen molar-refractivity contribution in [1.29, 1.82) is 0 Å². The van der Waals surface area contributed by atoms with E-state index >= 15 is 0 Å². The van der Waals surface area contributed by atoms with Crippen molar-refractivity contribution in [3.05, 3.63) is 0 Å². The topological polar surface area (TPSA) is 76.1 Å². The van der Waals surface area contributed by atoms with Gasteiger partial charge in [-0.3, -0.25) is 9.59 Å². The van der Waals surface area contributed by atoms with E-state index in [1.54, 1.807) is 0 Å². The van der Waals surface area contributed by atoms with E-state index in [1.165, 1.54) is 0 Å². The molecule has 0 bridgehead atoms. The Bertz CT molecular complexity index is 394. The first-order chi connectivity index (χ1) is 12.5. The van der Waals surface area contributed by atoms with Crippen LogP contribution in [0.2, 0.25) is 0 Å². The van der Waals surface area contributed by atoms with Gasteiger partial charge >= 0.3 is 11.9 Å². The zero-order valence-electron chi connectivity index (χ0n) is 16.6. The lowest BCUT2D eigenvalue weighted by Crippen LogP contribution is -2.26. The zero-order valence-corrected chi connectivity index (χ0v) is 16.6. The molecule has 1 aliphatic rings. The third-order valence-corrected chi connectivity index (χ3v) is 5.03. The molecule has 0 aromatic carbocycles. The largest absolute Gasteiger partial charge is 0.465 e. The van der Waals surface area contributed by atoms with Gasteiger partial charge in [-0.05, 0) is 70.4 Å². The van der Waals surface area contributed by atoms with Crippen molar-refractivity contribution < 1.29 is 24.2 Å². The molecule has 0 radical (unpaired) electrons. The average molecular weight is 372 g/mol. The van der Waals surface area contributed by atoms with Gasteiger partial charge in [0.05, 0.1) is 19.6 Å². The monoisotopic (exact) mass is 371 g/mol. The number of aliphatic hydroxyl groups excluding tert-OH is 1. The molecule has 1 N–H and O–H groups in total. The average Bonchev–Trinajstić information content (AvgIpc) is 2.64. The summed E-state index contributed by atoms with van der Waals surface area (Å²) in [6.45, 7) is 4.83. The molecule has 1 rings (SSSR count). The Labute approximate surface area is 158 Å². The van der Waals surface area contributed by atoms with Gasteiger partial charge in [0.25, 0.3) is 0 Å². The summed E-state index contributed by atoms with van der Waals surface area (Å²) in [4.78, 5) is 25.4. The Morgan fingerprint density at radius 2 is 1.46 bits per heavy atom. The molecule has 0 spiro atoms. The number of unbranched alkanes of at least 4 members (excludes halogenated alkanes) is 1. The highest BCUT2D eigenvalue weighted by Gasteiger charge is 2.23. The molecule has 1 aliphatic carbocycles. The van der Waals surface area contributed by atoms with E-state index < -0.39 is 0 Å². The summed E-state index contributed by atoms with van der Waals surface area (Å²) in [5.41, 5.74) is 0. The highest BCUT2D eigenvalue weighted by molar-refractivity contribution is 5.69. The second-order valence-corrected chi connectivity index (χ2v) is 7.49. The van der Waals surface area contributed by atoms with Gasteiger partial charge in [0, 0.05) is 19.6 Å². The van der Waals surface area contributed by atoms with Crippen molar-refractivity contribution in [2.24, 2.45) is 11.8 Å². The number of rotatable bonds is 13. The van der Waals surface area contributed by atoms with E-state index in [0.717, 1.165) is 51.5 Å². The predicted molar refractivity (Wildman–Crippen MR) is 101 cm³/mol. The Morgan fingerprint density at radius 1 is 0.923 bits per heavy atom. The molecule has 152 valence electrons. The SMILES string of the molecule is CCCC(=O)OCC1CCC(COC(=O)CCN(C)CCCCO)CC1. The molecule has 0 saturated heterocycles. The van der Waals surface area contributed by atoms with Crippen LogP contribution in [0.1, 0.15) is 64.7 Å². The van der Waals surface area contributed by atoms with Crippen LogP contribution in [0.15, 0.2) is 0 Å². The molecule has 0 aromatic heterocycles. The maximum atomic E-state index is 11.9. The summed E-state index contributed by atoms with van der Waals surface area (Å²) in [6.07, 6.45) is 7.63. The van der Waals surface area contributed by atoms with Gasteiger partial charge in [0.15, 0.2) is 0 Å². The first kappa shape index (κ1) is 22.9. The summed E-state index contributed by atoms with van der Waals surface area (Å²) in [5, 5.41) is 8.77. The summed E-state index contributed by atoms with van der Waals surface area (Å²) < 4.78 is 10.7. The van der Waals surface area contributed by atoms with Gasteiger partial charge in [-0.25, -0.2) is 0 Å². The Hall–Kier alpha value is -1.14. The van der Waals surface area contributed by atoms with E-state index in [2.05, 4.69) is 4.90 Å². The molecule has 0 heterocycles. The minimum absolute atomic E-state index is 0.0927. The van der Waals surface area contributed by atoms with Crippen LogP contribution in [0, 0.1) is 11.8 Å². The molecule has 0 aliphatic heterocycles. The highest BCUT2D eigenvalue weighted by Crippen LogP contribution is 2.29. The van der Waals surface area contributed by atoms with Gasteiger partial charge in [-0.1, -0.05) is 6.92 Å². The number of ether oxygens (including phenoxy) is 2. The fourth-order valence-corrected chi connectivity index (χ4v) is 3.22. The molecule has 26 heavy (non-hydrogen) atoms. The predicted octanol–water partition coefficient (Wildman–Crippen LogP) is 2.77. The maximum Gasteiger partial charge on any atom is 0.307 e. The van der Waals surface area contributed by atoms with E-state index in [1.807, 2.05) is 14.0 Å². The molecular formula is C20H37NO5. The standard InChI is InChI=1S/C20H37NO5/c1-3-6-19(23)25-15-17-7-9-18(10-8-17)16-26-20(24)11-13-21(2)12-4-5-14-22/h17-18,22H,3-16H2,1-2H3. The smallest absolute Gasteiger partial charge is 0.307 e. The number of hydrogen-bond donors (Lipinski definition) is 1. The van der Waals surface area contributed by atoms with Crippen LogP contribution < -0.4 is 0 Å². The van der Waals surface area contributed by atoms with Gasteiger partial charge in [0.1, 0.15) is 0 Å². The fraction of sp³-hybridized carbons (Fsp3) is 0.900. The molecule has 0 aromatic rings. The minimum Gasteiger partial charge on any atom is -0.465 e.